The molecule has 0 spiro atoms. The highest BCUT2D eigenvalue weighted by Crippen LogP contribution is 2.55. The van der Waals surface area contributed by atoms with Crippen molar-refractivity contribution in [2.75, 3.05) is 30.3 Å². The van der Waals surface area contributed by atoms with Crippen molar-refractivity contribution in [3.05, 3.63) is 87.3 Å². The predicted octanol–water partition coefficient (Wildman–Crippen LogP) is 3.17. The Morgan fingerprint density at radius 3 is 2.52 bits per heavy atom. The maximum atomic E-state index is 14.9. The lowest BCUT2D eigenvalue weighted by Crippen LogP contribution is -2.40. The van der Waals surface area contributed by atoms with Crippen LogP contribution >= 0.6 is 19.1 Å². The van der Waals surface area contributed by atoms with Gasteiger partial charge in [0.15, 0.2) is 18.6 Å². The van der Waals surface area contributed by atoms with E-state index in [2.05, 4.69) is 20.2 Å². The molecule has 0 aliphatic carbocycles. The molecule has 2 aromatic heterocycles. The molecule has 0 atom stereocenters. The summed E-state index contributed by atoms with van der Waals surface area (Å²) in [4.78, 5) is 34.0. The number of nitrogens with zero attached hydrogens (tertiary/aromatic N) is 4. The Bertz CT molecular complexity index is 1370. The van der Waals surface area contributed by atoms with Crippen molar-refractivity contribution in [1.82, 2.24) is 20.2 Å². The minimum absolute atomic E-state index is 0.245. The molecule has 1 fully saturated rings. The Kier molecular flexibility index (Phi) is 5.83. The zero-order valence-electron chi connectivity index (χ0n) is 17.6. The molecule has 4 aromatic rings. The highest BCUT2D eigenvalue weighted by molar-refractivity contribution is 7.77. The first-order chi connectivity index (χ1) is 15.9. The summed E-state index contributed by atoms with van der Waals surface area (Å²) < 4.78 is 14.9. The second-order valence-corrected chi connectivity index (χ2v) is 11.7. The number of aromatic amines is 1. The third kappa shape index (κ3) is 4.34. The van der Waals surface area contributed by atoms with E-state index in [1.165, 1.54) is 18.5 Å². The van der Waals surface area contributed by atoms with E-state index in [0.717, 1.165) is 10.9 Å². The van der Waals surface area contributed by atoms with Crippen LogP contribution in [0.3, 0.4) is 0 Å². The van der Waals surface area contributed by atoms with E-state index >= 15 is 0 Å². The monoisotopic (exact) mass is 484 g/mol. The molecule has 5 rings (SSSR count). The van der Waals surface area contributed by atoms with Gasteiger partial charge in [-0.3, -0.25) is 4.79 Å². The van der Waals surface area contributed by atoms with Crippen LogP contribution in [0.15, 0.2) is 59.7 Å². The van der Waals surface area contributed by atoms with E-state index in [1.54, 1.807) is 24.3 Å². The molecule has 0 saturated carbocycles. The number of H-pyrrole nitrogens is 1. The molecule has 2 N–H and O–H groups in total. The highest BCUT2D eigenvalue weighted by atomic mass is 35.5. The Morgan fingerprint density at radius 2 is 1.79 bits per heavy atom. The Labute approximate surface area is 194 Å². The van der Waals surface area contributed by atoms with Gasteiger partial charge >= 0.3 is 0 Å². The Hall–Kier alpha value is -2.93. The molecular weight excluding hydrogens is 464 g/mol. The average molecular weight is 485 g/mol. The van der Waals surface area contributed by atoms with Crippen molar-refractivity contribution in [2.24, 2.45) is 0 Å². The maximum Gasteiger partial charge on any atom is 0.272 e. The van der Waals surface area contributed by atoms with Gasteiger partial charge in [-0.15, -0.1) is 0 Å². The largest absolute Gasteiger partial charge is 0.333 e. The number of halogens is 2. The summed E-state index contributed by atoms with van der Waals surface area (Å²) in [6, 6.07) is 12.1. The number of aromatic nitrogens is 4. The molecular formula is C23H21ClFN5O2P+. The number of fused-ring (bicyclic) bond motifs is 1. The van der Waals surface area contributed by atoms with Gasteiger partial charge in [-0.05, 0) is 23.8 Å². The highest BCUT2D eigenvalue weighted by Gasteiger charge is 2.45. The van der Waals surface area contributed by atoms with Crippen LogP contribution in [-0.4, -0.2) is 50.5 Å². The normalized spacial score (nSPS) is 15.7. The van der Waals surface area contributed by atoms with Gasteiger partial charge in [0, 0.05) is 11.8 Å². The fraction of sp³-hybridized carbons (Fsp3) is 0.217. The summed E-state index contributed by atoms with van der Waals surface area (Å²) in [7, 11) is -2.68. The summed E-state index contributed by atoms with van der Waals surface area (Å²) in [5, 5.41) is 8.92. The quantitative estimate of drug-likeness (QED) is 0.432. The van der Waals surface area contributed by atoms with Crippen molar-refractivity contribution in [3.8, 4) is 0 Å². The SMILES string of the molecule is O=c1[nH]nc(Cc2ccc(F)c([P+]3(O)CCN(c4ncc(Cl)cn4)CC3)c2)c2ccccc12. The average Bonchev–Trinajstić information content (AvgIpc) is 2.83. The lowest BCUT2D eigenvalue weighted by molar-refractivity contribution is 0.585. The van der Waals surface area contributed by atoms with Gasteiger partial charge in [0.1, 0.15) is 12.3 Å². The minimum atomic E-state index is -2.68. The van der Waals surface area contributed by atoms with E-state index in [9.17, 15) is 14.1 Å². The van der Waals surface area contributed by atoms with Crippen LogP contribution in [0.1, 0.15) is 11.3 Å². The van der Waals surface area contributed by atoms with Gasteiger partial charge in [0.2, 0.25) is 5.95 Å². The molecule has 1 saturated heterocycles. The van der Waals surface area contributed by atoms with Crippen LogP contribution < -0.4 is 15.8 Å². The maximum absolute atomic E-state index is 14.9. The molecule has 0 bridgehead atoms. The topological polar surface area (TPSA) is 95.0 Å². The van der Waals surface area contributed by atoms with Gasteiger partial charge < -0.3 is 4.90 Å². The molecule has 1 aliphatic rings. The first kappa shape index (κ1) is 21.9. The molecule has 0 unspecified atom stereocenters. The van der Waals surface area contributed by atoms with Gasteiger partial charge in [-0.1, -0.05) is 35.9 Å². The van der Waals surface area contributed by atoms with Crippen LogP contribution in [0.2, 0.25) is 5.02 Å². The van der Waals surface area contributed by atoms with Crippen LogP contribution in [0.4, 0.5) is 10.3 Å². The lowest BCUT2D eigenvalue weighted by atomic mass is 10.0. The second kappa shape index (κ2) is 8.78. The Balaban J connectivity index is 1.40. The lowest BCUT2D eigenvalue weighted by Gasteiger charge is -2.32. The number of benzene rings is 2. The van der Waals surface area contributed by atoms with E-state index in [0.29, 0.717) is 59.2 Å². The number of rotatable bonds is 4. The molecule has 1 aliphatic heterocycles. The van der Waals surface area contributed by atoms with Crippen LogP contribution in [0, 0.1) is 5.82 Å². The summed E-state index contributed by atoms with van der Waals surface area (Å²) >= 11 is 5.86. The van der Waals surface area contributed by atoms with E-state index in [-0.39, 0.29) is 5.56 Å². The predicted molar refractivity (Wildman–Crippen MR) is 129 cm³/mol. The third-order valence-corrected chi connectivity index (χ3v) is 9.29. The van der Waals surface area contributed by atoms with E-state index < -0.39 is 13.3 Å². The number of anilines is 1. The fourth-order valence-corrected chi connectivity index (χ4v) is 7.02. The van der Waals surface area contributed by atoms with Crippen molar-refractivity contribution in [3.63, 3.8) is 0 Å². The number of hydrogen-bond donors (Lipinski definition) is 2. The Morgan fingerprint density at radius 1 is 1.09 bits per heavy atom. The van der Waals surface area contributed by atoms with E-state index in [1.807, 2.05) is 17.0 Å². The van der Waals surface area contributed by atoms with Crippen LogP contribution in [-0.2, 0) is 6.42 Å². The van der Waals surface area contributed by atoms with Crippen molar-refractivity contribution >= 4 is 41.1 Å². The first-order valence-corrected chi connectivity index (χ1v) is 13.0. The standard InChI is InChI=1S/C23H20ClFN5O2P/c24-16-13-26-23(27-14-16)30-7-9-33(32,10-8-30)21-12-15(5-6-19(21)25)11-20-17-3-1-2-4-18(17)22(31)29-28-20/h1-6,12-14,32H,7-11H2/p+1. The fourth-order valence-electron chi connectivity index (χ4n) is 4.19. The van der Waals surface area contributed by atoms with E-state index in [4.69, 9.17) is 11.6 Å². The zero-order chi connectivity index (χ0) is 23.0. The molecule has 0 radical (unpaired) electrons. The van der Waals surface area contributed by atoms with Gasteiger partial charge in [0.25, 0.3) is 5.56 Å². The van der Waals surface area contributed by atoms with Crippen LogP contribution in [0.25, 0.3) is 10.8 Å². The summed E-state index contributed by atoms with van der Waals surface area (Å²) in [6.07, 6.45) is 4.38. The summed E-state index contributed by atoms with van der Waals surface area (Å²) in [5.74, 6) is 0.154. The van der Waals surface area contributed by atoms with Crippen molar-refractivity contribution in [2.45, 2.75) is 6.42 Å². The summed E-state index contributed by atoms with van der Waals surface area (Å²) in [6.45, 7) is 1.06. The van der Waals surface area contributed by atoms with Gasteiger partial charge in [-0.2, -0.15) is 5.10 Å². The molecule has 3 heterocycles. The second-order valence-electron chi connectivity index (χ2n) is 8.07. The van der Waals surface area contributed by atoms with Crippen LogP contribution in [0.5, 0.6) is 0 Å². The molecule has 0 amide bonds. The molecule has 33 heavy (non-hydrogen) atoms. The minimum Gasteiger partial charge on any atom is -0.333 e. The first-order valence-electron chi connectivity index (χ1n) is 10.5. The van der Waals surface area contributed by atoms with Gasteiger partial charge in [0.05, 0.1) is 41.6 Å². The third-order valence-electron chi connectivity index (χ3n) is 5.97. The molecule has 168 valence electrons. The molecule has 10 heteroatoms. The van der Waals surface area contributed by atoms with Crippen molar-refractivity contribution in [1.29, 1.82) is 0 Å². The van der Waals surface area contributed by atoms with Gasteiger partial charge in [-0.25, -0.2) is 24.4 Å². The number of nitrogens with one attached hydrogen (secondary N) is 1. The summed E-state index contributed by atoms with van der Waals surface area (Å²) in [5.41, 5.74) is 1.28. The van der Waals surface area contributed by atoms with Crippen molar-refractivity contribution < 1.29 is 9.28 Å². The zero-order valence-corrected chi connectivity index (χ0v) is 19.2. The molecule has 7 nitrogen and oxygen atoms in total. The number of hydrogen-bond acceptors (Lipinski definition) is 6. The molecule has 2 aromatic carbocycles. The smallest absolute Gasteiger partial charge is 0.272 e.